The lowest BCUT2D eigenvalue weighted by Crippen LogP contribution is -3.24. The molecule has 1 saturated carbocycles. The molecule has 1 aromatic carbocycles. The van der Waals surface area contributed by atoms with Crippen molar-refractivity contribution in [3.05, 3.63) is 29.8 Å². The number of carbonyl (C=O) groups excluding carboxylic acids is 1. The van der Waals surface area contributed by atoms with E-state index >= 15 is 0 Å². The zero-order chi connectivity index (χ0) is 17.9. The van der Waals surface area contributed by atoms with Crippen LogP contribution >= 0.6 is 0 Å². The van der Waals surface area contributed by atoms with E-state index in [-0.39, 0.29) is 6.03 Å². The molecule has 2 bridgehead atoms. The number of piperidine rings is 2. The van der Waals surface area contributed by atoms with Crippen LogP contribution in [0.5, 0.6) is 0 Å². The highest BCUT2D eigenvalue weighted by atomic mass is 16.2. The van der Waals surface area contributed by atoms with Crippen LogP contribution < -0.4 is 15.5 Å². The minimum Gasteiger partial charge on any atom is -0.335 e. The molecule has 1 aromatic rings. The molecule has 0 unspecified atom stereocenters. The Balaban J connectivity index is 1.35. The Morgan fingerprint density at radius 1 is 0.962 bits per heavy atom. The van der Waals surface area contributed by atoms with Crippen molar-refractivity contribution in [3.8, 4) is 0 Å². The van der Waals surface area contributed by atoms with Gasteiger partial charge in [0.15, 0.2) is 0 Å². The van der Waals surface area contributed by atoms with E-state index in [2.05, 4.69) is 10.6 Å². The van der Waals surface area contributed by atoms with E-state index in [1.807, 2.05) is 36.1 Å². The minimum absolute atomic E-state index is 0.0419. The van der Waals surface area contributed by atoms with Gasteiger partial charge >= 0.3 is 6.03 Å². The van der Waals surface area contributed by atoms with Crippen LogP contribution in [0.1, 0.15) is 69.8 Å². The van der Waals surface area contributed by atoms with E-state index in [0.717, 1.165) is 36.7 Å². The number of fused-ring (bicyclic) bond motifs is 2. The molecular weight excluding hydrogens is 322 g/mol. The van der Waals surface area contributed by atoms with Crippen molar-refractivity contribution in [3.63, 3.8) is 0 Å². The average Bonchev–Trinajstić information content (AvgIpc) is 2.61. The molecule has 1 aliphatic carbocycles. The minimum atomic E-state index is -0.0419. The molecule has 2 saturated heterocycles. The fourth-order valence-electron chi connectivity index (χ4n) is 5.86. The van der Waals surface area contributed by atoms with Gasteiger partial charge in [0, 0.05) is 24.6 Å². The first-order chi connectivity index (χ1) is 12.7. The molecule has 0 radical (unpaired) electrons. The second-order valence-electron chi connectivity index (χ2n) is 8.80. The van der Waals surface area contributed by atoms with Crippen LogP contribution in [0.25, 0.3) is 0 Å². The lowest BCUT2D eigenvalue weighted by Gasteiger charge is -2.50. The monoisotopic (exact) mass is 356 g/mol. The van der Waals surface area contributed by atoms with E-state index in [0.29, 0.717) is 6.04 Å². The Morgan fingerprint density at radius 3 is 2.35 bits per heavy atom. The molecule has 142 valence electrons. The summed E-state index contributed by atoms with van der Waals surface area (Å²) in [6.45, 7) is 2.05. The van der Waals surface area contributed by atoms with Gasteiger partial charge in [0.2, 0.25) is 0 Å². The van der Waals surface area contributed by atoms with Gasteiger partial charge in [-0.25, -0.2) is 4.79 Å². The Labute approximate surface area is 157 Å². The average molecular weight is 357 g/mol. The number of carbonyl (C=O) groups is 1. The summed E-state index contributed by atoms with van der Waals surface area (Å²) in [5.74, 6) is 0. The SMILES string of the molecule is Cc1cccc(NC(=O)NC2C[C@H]3CCC[C@H](C2)[NH+]3C2CCCCC2)c1. The van der Waals surface area contributed by atoms with Crippen LogP contribution in [0, 0.1) is 6.92 Å². The molecule has 2 amide bonds. The Hall–Kier alpha value is -1.55. The maximum absolute atomic E-state index is 12.5. The van der Waals surface area contributed by atoms with Gasteiger partial charge in [-0.05, 0) is 69.6 Å². The standard InChI is InChI=1S/C22H33N3O/c1-16-7-5-8-17(13-16)23-22(26)24-18-14-20-11-6-12-21(15-18)25(20)19-9-3-2-4-10-19/h5,7-8,13,18-21H,2-4,6,9-12,14-15H2,1H3,(H2,23,24,26)/p+1/t20-,21-/m1/s1. The van der Waals surface area contributed by atoms with Crippen molar-refractivity contribution in [1.29, 1.82) is 0 Å². The summed E-state index contributed by atoms with van der Waals surface area (Å²) in [6, 6.07) is 10.7. The molecule has 4 rings (SSSR count). The molecule has 4 heteroatoms. The second-order valence-corrected chi connectivity index (χ2v) is 8.80. The Bertz CT molecular complexity index is 612. The van der Waals surface area contributed by atoms with Crippen LogP contribution in [0.4, 0.5) is 10.5 Å². The number of nitrogens with one attached hydrogen (secondary N) is 3. The number of aryl methyl sites for hydroxylation is 1. The van der Waals surface area contributed by atoms with Crippen molar-refractivity contribution < 1.29 is 9.69 Å². The van der Waals surface area contributed by atoms with Gasteiger partial charge in [-0.3, -0.25) is 0 Å². The number of hydrogen-bond donors (Lipinski definition) is 3. The zero-order valence-electron chi connectivity index (χ0n) is 16.1. The number of quaternary nitrogens is 1. The maximum atomic E-state index is 12.5. The van der Waals surface area contributed by atoms with Crippen molar-refractivity contribution in [2.45, 2.75) is 95.3 Å². The fourth-order valence-corrected chi connectivity index (χ4v) is 5.86. The fraction of sp³-hybridized carbons (Fsp3) is 0.682. The van der Waals surface area contributed by atoms with E-state index in [9.17, 15) is 4.79 Å². The summed E-state index contributed by atoms with van der Waals surface area (Å²) in [7, 11) is 0. The number of rotatable bonds is 3. The molecule has 26 heavy (non-hydrogen) atoms. The molecule has 2 atom stereocenters. The molecule has 2 heterocycles. The van der Waals surface area contributed by atoms with Crippen LogP contribution in [-0.2, 0) is 0 Å². The molecule has 3 aliphatic rings. The van der Waals surface area contributed by atoms with Crippen LogP contribution in [0.3, 0.4) is 0 Å². The first kappa shape index (κ1) is 17.8. The van der Waals surface area contributed by atoms with Gasteiger partial charge in [0.05, 0.1) is 18.1 Å². The third-order valence-corrected chi connectivity index (χ3v) is 6.87. The van der Waals surface area contributed by atoms with Gasteiger partial charge in [-0.2, -0.15) is 0 Å². The summed E-state index contributed by atoms with van der Waals surface area (Å²) in [4.78, 5) is 14.4. The van der Waals surface area contributed by atoms with Crippen molar-refractivity contribution in [1.82, 2.24) is 5.32 Å². The normalized spacial score (nSPS) is 32.0. The molecule has 0 aromatic heterocycles. The van der Waals surface area contributed by atoms with E-state index < -0.39 is 0 Å². The topological polar surface area (TPSA) is 45.6 Å². The predicted molar refractivity (Wildman–Crippen MR) is 106 cm³/mol. The first-order valence-electron chi connectivity index (χ1n) is 10.7. The largest absolute Gasteiger partial charge is 0.335 e. The quantitative estimate of drug-likeness (QED) is 0.763. The number of urea groups is 1. The van der Waals surface area contributed by atoms with Gasteiger partial charge < -0.3 is 15.5 Å². The van der Waals surface area contributed by atoms with E-state index in [4.69, 9.17) is 0 Å². The summed E-state index contributed by atoms with van der Waals surface area (Å²) in [5, 5.41) is 6.29. The molecule has 4 nitrogen and oxygen atoms in total. The Kier molecular flexibility index (Phi) is 5.49. The Morgan fingerprint density at radius 2 is 1.65 bits per heavy atom. The van der Waals surface area contributed by atoms with Crippen molar-refractivity contribution >= 4 is 11.7 Å². The van der Waals surface area contributed by atoms with Gasteiger partial charge in [0.25, 0.3) is 0 Å². The highest BCUT2D eigenvalue weighted by Gasteiger charge is 2.45. The molecule has 0 spiro atoms. The first-order valence-corrected chi connectivity index (χ1v) is 10.7. The number of amides is 2. The summed E-state index contributed by atoms with van der Waals surface area (Å²) < 4.78 is 0. The lowest BCUT2D eigenvalue weighted by atomic mass is 9.78. The lowest BCUT2D eigenvalue weighted by molar-refractivity contribution is -0.984. The maximum Gasteiger partial charge on any atom is 0.319 e. The molecule has 2 aliphatic heterocycles. The van der Waals surface area contributed by atoms with Gasteiger partial charge in [-0.15, -0.1) is 0 Å². The second kappa shape index (κ2) is 7.99. The third-order valence-electron chi connectivity index (χ3n) is 6.87. The summed E-state index contributed by atoms with van der Waals surface area (Å²) >= 11 is 0. The van der Waals surface area contributed by atoms with Crippen LogP contribution in [-0.4, -0.2) is 30.2 Å². The highest BCUT2D eigenvalue weighted by Crippen LogP contribution is 2.26. The van der Waals surface area contributed by atoms with Crippen LogP contribution in [0.2, 0.25) is 0 Å². The predicted octanol–water partition coefficient (Wildman–Crippen LogP) is 3.42. The summed E-state index contributed by atoms with van der Waals surface area (Å²) in [6.07, 6.45) is 13.5. The number of anilines is 1. The molecule has 3 fully saturated rings. The van der Waals surface area contributed by atoms with Crippen LogP contribution in [0.15, 0.2) is 24.3 Å². The van der Waals surface area contributed by atoms with E-state index in [1.54, 1.807) is 0 Å². The smallest absolute Gasteiger partial charge is 0.319 e. The van der Waals surface area contributed by atoms with E-state index in [1.165, 1.54) is 56.9 Å². The van der Waals surface area contributed by atoms with Gasteiger partial charge in [-0.1, -0.05) is 18.6 Å². The number of benzene rings is 1. The van der Waals surface area contributed by atoms with Crippen molar-refractivity contribution in [2.24, 2.45) is 0 Å². The zero-order valence-corrected chi connectivity index (χ0v) is 16.1. The highest BCUT2D eigenvalue weighted by molar-refractivity contribution is 5.89. The van der Waals surface area contributed by atoms with Gasteiger partial charge in [0.1, 0.15) is 0 Å². The number of hydrogen-bond acceptors (Lipinski definition) is 1. The molecular formula is C22H34N3O+. The molecule has 3 N–H and O–H groups in total. The summed E-state index contributed by atoms with van der Waals surface area (Å²) in [5.41, 5.74) is 2.05. The third kappa shape index (κ3) is 4.06. The van der Waals surface area contributed by atoms with Crippen molar-refractivity contribution in [2.75, 3.05) is 5.32 Å².